The van der Waals surface area contributed by atoms with Gasteiger partial charge in [-0.15, -0.1) is 0 Å². The van der Waals surface area contributed by atoms with Crippen LogP contribution in [0.3, 0.4) is 0 Å². The summed E-state index contributed by atoms with van der Waals surface area (Å²) in [5.74, 6) is -0.814. The van der Waals surface area contributed by atoms with Gasteiger partial charge in [0.1, 0.15) is 5.76 Å². The van der Waals surface area contributed by atoms with E-state index in [1.807, 2.05) is 0 Å². The van der Waals surface area contributed by atoms with Crippen molar-refractivity contribution in [1.29, 1.82) is 0 Å². The minimum absolute atomic E-state index is 0.356. The lowest BCUT2D eigenvalue weighted by Gasteiger charge is -2.13. The quantitative estimate of drug-likeness (QED) is 0.776. The second kappa shape index (κ2) is 5.05. The normalized spacial score (nSPS) is 14.0. The summed E-state index contributed by atoms with van der Waals surface area (Å²) in [6.45, 7) is 0. The third-order valence-electron chi connectivity index (χ3n) is 1.94. The van der Waals surface area contributed by atoms with E-state index in [4.69, 9.17) is 0 Å². The number of sulfone groups is 2. The standard InChI is InChI=1S/C8H4F6O5S2/c9-7(10,11)20(15,16)6(4-5-2-1-3-19-5)21(17,18)8(12,13)14/h1-4H. The molecule has 0 saturated heterocycles. The molecule has 0 aliphatic carbocycles. The number of hydrogen-bond acceptors (Lipinski definition) is 5. The van der Waals surface area contributed by atoms with Gasteiger partial charge in [0.2, 0.25) is 0 Å². The van der Waals surface area contributed by atoms with E-state index >= 15 is 0 Å². The van der Waals surface area contributed by atoms with Gasteiger partial charge in [0.05, 0.1) is 6.26 Å². The van der Waals surface area contributed by atoms with Crippen LogP contribution < -0.4 is 0 Å². The first kappa shape index (κ1) is 17.6. The lowest BCUT2D eigenvalue weighted by atomic mass is 10.4. The molecule has 0 N–H and O–H groups in total. The van der Waals surface area contributed by atoms with Gasteiger partial charge in [0.25, 0.3) is 19.7 Å². The van der Waals surface area contributed by atoms with Gasteiger partial charge in [-0.3, -0.25) is 0 Å². The van der Waals surface area contributed by atoms with Gasteiger partial charge < -0.3 is 4.42 Å². The molecule has 0 bridgehead atoms. The highest BCUT2D eigenvalue weighted by Crippen LogP contribution is 2.39. The van der Waals surface area contributed by atoms with Gasteiger partial charge in [-0.1, -0.05) is 0 Å². The minimum Gasteiger partial charge on any atom is -0.465 e. The summed E-state index contributed by atoms with van der Waals surface area (Å²) >= 11 is 0. The second-order valence-corrected chi connectivity index (χ2v) is 7.45. The Morgan fingerprint density at radius 2 is 1.38 bits per heavy atom. The van der Waals surface area contributed by atoms with Crippen LogP contribution in [0.2, 0.25) is 0 Å². The highest BCUT2D eigenvalue weighted by atomic mass is 32.3. The van der Waals surface area contributed by atoms with E-state index in [0.29, 0.717) is 0 Å². The predicted molar refractivity (Wildman–Crippen MR) is 56.6 cm³/mol. The fraction of sp³-hybridized carbons (Fsp3) is 0.250. The average Bonchev–Trinajstić information content (AvgIpc) is 2.74. The van der Waals surface area contributed by atoms with E-state index in [-0.39, 0.29) is 6.08 Å². The Hall–Kier alpha value is -1.50. The molecular weight excluding hydrogens is 354 g/mol. The van der Waals surface area contributed by atoms with Gasteiger partial charge in [-0.25, -0.2) is 16.8 Å². The molecule has 0 amide bonds. The number of halogens is 6. The molecule has 0 spiro atoms. The first-order valence-electron chi connectivity index (χ1n) is 4.59. The molecule has 0 aromatic carbocycles. The van der Waals surface area contributed by atoms with E-state index in [0.717, 1.165) is 18.4 Å². The lowest BCUT2D eigenvalue weighted by Crippen LogP contribution is -2.34. The fourth-order valence-electron chi connectivity index (χ4n) is 1.02. The van der Waals surface area contributed by atoms with Crippen molar-refractivity contribution in [2.45, 2.75) is 11.0 Å². The second-order valence-electron chi connectivity index (χ2n) is 3.38. The van der Waals surface area contributed by atoms with Crippen LogP contribution >= 0.6 is 0 Å². The minimum atomic E-state index is -6.76. The molecule has 0 radical (unpaired) electrons. The molecule has 21 heavy (non-hydrogen) atoms. The molecule has 0 atom stereocenters. The van der Waals surface area contributed by atoms with Crippen LogP contribution in [-0.4, -0.2) is 27.9 Å². The fourth-order valence-corrected chi connectivity index (χ4v) is 3.74. The molecule has 1 aromatic heterocycles. The smallest absolute Gasteiger partial charge is 0.465 e. The number of alkyl halides is 6. The first-order chi connectivity index (χ1) is 9.21. The Morgan fingerprint density at radius 3 is 1.67 bits per heavy atom. The van der Waals surface area contributed by atoms with E-state index < -0.39 is 40.7 Å². The number of hydrogen-bond donors (Lipinski definition) is 0. The summed E-state index contributed by atoms with van der Waals surface area (Å²) < 4.78 is 120. The Labute approximate surface area is 113 Å². The summed E-state index contributed by atoms with van der Waals surface area (Å²) in [5.41, 5.74) is -12.5. The maximum absolute atomic E-state index is 12.3. The van der Waals surface area contributed by atoms with Crippen molar-refractivity contribution in [3.8, 4) is 0 Å². The Bertz CT molecular complexity index is 690. The summed E-state index contributed by atoms with van der Waals surface area (Å²) in [5, 5.41) is 0. The van der Waals surface area contributed by atoms with Crippen molar-refractivity contribution in [3.05, 3.63) is 28.4 Å². The summed E-state index contributed by atoms with van der Waals surface area (Å²) in [6, 6.07) is 1.78. The monoisotopic (exact) mass is 358 g/mol. The van der Waals surface area contributed by atoms with E-state index in [2.05, 4.69) is 4.42 Å². The summed E-state index contributed by atoms with van der Waals surface area (Å²) in [4.78, 5) is 0. The Kier molecular flexibility index (Phi) is 4.22. The maximum Gasteiger partial charge on any atom is 0.502 e. The van der Waals surface area contributed by atoms with E-state index in [9.17, 15) is 43.2 Å². The van der Waals surface area contributed by atoms with Crippen LogP contribution in [0.1, 0.15) is 5.76 Å². The van der Waals surface area contributed by atoms with Gasteiger partial charge in [0, 0.05) is 6.08 Å². The van der Waals surface area contributed by atoms with E-state index in [1.54, 1.807) is 0 Å². The van der Waals surface area contributed by atoms with Crippen molar-refractivity contribution >= 4 is 25.8 Å². The zero-order valence-electron chi connectivity index (χ0n) is 9.43. The Morgan fingerprint density at radius 1 is 0.952 bits per heavy atom. The predicted octanol–water partition coefficient (Wildman–Crippen LogP) is 2.45. The zero-order valence-corrected chi connectivity index (χ0v) is 11.1. The molecule has 5 nitrogen and oxygen atoms in total. The molecule has 1 aromatic rings. The van der Waals surface area contributed by atoms with Crippen LogP contribution in [-0.2, 0) is 19.7 Å². The molecule has 120 valence electrons. The Balaban J connectivity index is 3.71. The van der Waals surface area contributed by atoms with Gasteiger partial charge in [-0.2, -0.15) is 26.3 Å². The molecule has 0 aliphatic heterocycles. The largest absolute Gasteiger partial charge is 0.502 e. The molecule has 13 heteroatoms. The van der Waals surface area contributed by atoms with Gasteiger partial charge >= 0.3 is 11.0 Å². The van der Waals surface area contributed by atoms with Crippen LogP contribution in [0.25, 0.3) is 6.08 Å². The van der Waals surface area contributed by atoms with Crippen molar-refractivity contribution in [3.63, 3.8) is 0 Å². The van der Waals surface area contributed by atoms with Gasteiger partial charge in [-0.05, 0) is 12.1 Å². The third-order valence-corrected chi connectivity index (χ3v) is 5.77. The van der Waals surface area contributed by atoms with Crippen LogP contribution in [0, 0.1) is 0 Å². The molecule has 0 fully saturated rings. The van der Waals surface area contributed by atoms with Crippen LogP contribution in [0.4, 0.5) is 26.3 Å². The number of rotatable bonds is 3. The zero-order chi connectivity index (χ0) is 16.7. The topological polar surface area (TPSA) is 81.4 Å². The first-order valence-corrected chi connectivity index (χ1v) is 7.56. The number of furan rings is 1. The summed E-state index contributed by atoms with van der Waals surface area (Å²) in [7, 11) is -13.5. The van der Waals surface area contributed by atoms with Crippen LogP contribution in [0.15, 0.2) is 27.1 Å². The molecule has 0 unspecified atom stereocenters. The molecular formula is C8H4F6O5S2. The van der Waals surface area contributed by atoms with Crippen LogP contribution in [0.5, 0.6) is 0 Å². The highest BCUT2D eigenvalue weighted by Gasteiger charge is 2.59. The van der Waals surface area contributed by atoms with Crippen molar-refractivity contribution in [2.75, 3.05) is 0 Å². The molecule has 0 saturated carbocycles. The van der Waals surface area contributed by atoms with Crippen molar-refractivity contribution < 1.29 is 47.6 Å². The lowest BCUT2D eigenvalue weighted by molar-refractivity contribution is -0.0443. The maximum atomic E-state index is 12.3. The SMILES string of the molecule is O=S(=O)(C(=Cc1ccco1)S(=O)(=O)C(F)(F)F)C(F)(F)F. The molecule has 1 rings (SSSR count). The van der Waals surface area contributed by atoms with E-state index in [1.165, 1.54) is 0 Å². The third kappa shape index (κ3) is 3.23. The highest BCUT2D eigenvalue weighted by molar-refractivity contribution is 8.15. The van der Waals surface area contributed by atoms with Gasteiger partial charge in [0.15, 0.2) is 4.24 Å². The molecule has 0 aliphatic rings. The van der Waals surface area contributed by atoms with Crippen molar-refractivity contribution in [1.82, 2.24) is 0 Å². The average molecular weight is 358 g/mol. The van der Waals surface area contributed by atoms with Crippen molar-refractivity contribution in [2.24, 2.45) is 0 Å². The summed E-state index contributed by atoms with van der Waals surface area (Å²) in [6.07, 6.45) is 0.440. The molecule has 1 heterocycles.